The molecule has 0 spiro atoms. The number of nitrogens with one attached hydrogen (secondary N) is 1. The van der Waals surface area contributed by atoms with Gasteiger partial charge in [0.25, 0.3) is 0 Å². The number of aliphatic hydroxyl groups excluding tert-OH is 1. The monoisotopic (exact) mass is 261 g/mol. The van der Waals surface area contributed by atoms with E-state index >= 15 is 0 Å². The lowest BCUT2D eigenvalue weighted by Crippen LogP contribution is -2.19. The Hall–Kier alpha value is -0.580. The molecule has 17 heavy (non-hydrogen) atoms. The molecule has 1 rings (SSSR count). The average molecular weight is 262 g/mol. The van der Waals surface area contributed by atoms with Crippen LogP contribution in [0.4, 0.5) is 0 Å². The molecule has 1 aromatic heterocycles. The van der Waals surface area contributed by atoms with Crippen molar-refractivity contribution in [2.75, 3.05) is 13.2 Å². The molecule has 1 aromatic rings. The molecule has 0 fully saturated rings. The molecule has 0 unspecified atom stereocenters. The molecular weight excluding hydrogens is 238 g/mol. The van der Waals surface area contributed by atoms with Gasteiger partial charge in [-0.2, -0.15) is 5.10 Å². The van der Waals surface area contributed by atoms with Gasteiger partial charge in [0.1, 0.15) is 0 Å². The maximum absolute atomic E-state index is 8.65. The summed E-state index contributed by atoms with van der Waals surface area (Å²) >= 11 is 0. The third kappa shape index (κ3) is 6.66. The van der Waals surface area contributed by atoms with Gasteiger partial charge in [-0.3, -0.25) is 4.68 Å². The fourth-order valence-electron chi connectivity index (χ4n) is 1.60. The van der Waals surface area contributed by atoms with Crippen LogP contribution in [0.2, 0.25) is 0 Å². The predicted octanol–water partition coefficient (Wildman–Crippen LogP) is 1.82. The number of halogens is 1. The summed E-state index contributed by atoms with van der Waals surface area (Å²) in [6.45, 7) is 7.46. The Balaban J connectivity index is 0.00000256. The van der Waals surface area contributed by atoms with Crippen LogP contribution in [0.5, 0.6) is 0 Å². The lowest BCUT2D eigenvalue weighted by atomic mass is 10.2. The fraction of sp³-hybridized carbons (Fsp3) is 0.750. The quantitative estimate of drug-likeness (QED) is 0.702. The van der Waals surface area contributed by atoms with Crippen molar-refractivity contribution >= 4 is 12.4 Å². The third-order valence-corrected chi connectivity index (χ3v) is 2.41. The molecule has 4 nitrogen and oxygen atoms in total. The number of nitrogens with zero attached hydrogens (tertiary/aromatic N) is 2. The zero-order valence-corrected chi connectivity index (χ0v) is 11.5. The summed E-state index contributed by atoms with van der Waals surface area (Å²) in [6.07, 6.45) is 3.75. The minimum Gasteiger partial charge on any atom is -0.396 e. The molecule has 0 amide bonds. The van der Waals surface area contributed by atoms with Crippen molar-refractivity contribution in [1.82, 2.24) is 15.1 Å². The number of hydrogen-bond donors (Lipinski definition) is 2. The lowest BCUT2D eigenvalue weighted by Gasteiger charge is -2.10. The van der Waals surface area contributed by atoms with E-state index in [-0.39, 0.29) is 19.0 Å². The zero-order valence-electron chi connectivity index (χ0n) is 10.7. The summed E-state index contributed by atoms with van der Waals surface area (Å²) in [5, 5.41) is 16.3. The molecule has 0 atom stereocenters. The van der Waals surface area contributed by atoms with Gasteiger partial charge in [0.05, 0.1) is 5.69 Å². The molecule has 0 aromatic carbocycles. The summed E-state index contributed by atoms with van der Waals surface area (Å²) in [5.41, 5.74) is 1.23. The first kappa shape index (κ1) is 16.4. The highest BCUT2D eigenvalue weighted by Gasteiger charge is 2.03. The van der Waals surface area contributed by atoms with Gasteiger partial charge >= 0.3 is 0 Å². The van der Waals surface area contributed by atoms with Gasteiger partial charge in [0, 0.05) is 25.9 Å². The number of aliphatic hydroxyl groups is 1. The zero-order chi connectivity index (χ0) is 11.8. The van der Waals surface area contributed by atoms with Crippen LogP contribution in [0.15, 0.2) is 12.3 Å². The van der Waals surface area contributed by atoms with Gasteiger partial charge in [0.2, 0.25) is 0 Å². The number of hydrogen-bond acceptors (Lipinski definition) is 3. The first-order valence-corrected chi connectivity index (χ1v) is 6.06. The number of rotatable bonds is 8. The molecule has 1 heterocycles. The summed E-state index contributed by atoms with van der Waals surface area (Å²) in [4.78, 5) is 0. The van der Waals surface area contributed by atoms with Crippen molar-refractivity contribution in [3.8, 4) is 0 Å². The van der Waals surface area contributed by atoms with Crippen LogP contribution in [0, 0.1) is 5.92 Å². The smallest absolute Gasteiger partial charge is 0.0522 e. The molecule has 2 N–H and O–H groups in total. The van der Waals surface area contributed by atoms with Gasteiger partial charge in [0.15, 0.2) is 0 Å². The van der Waals surface area contributed by atoms with E-state index in [1.807, 2.05) is 6.20 Å². The van der Waals surface area contributed by atoms with E-state index in [0.29, 0.717) is 5.92 Å². The minimum atomic E-state index is 0. The van der Waals surface area contributed by atoms with E-state index in [0.717, 1.165) is 32.5 Å². The van der Waals surface area contributed by atoms with Crippen LogP contribution in [-0.4, -0.2) is 28.0 Å². The van der Waals surface area contributed by atoms with E-state index in [1.54, 1.807) is 0 Å². The first-order chi connectivity index (χ1) is 7.74. The van der Waals surface area contributed by atoms with Crippen molar-refractivity contribution in [2.45, 2.75) is 39.8 Å². The van der Waals surface area contributed by atoms with Crippen molar-refractivity contribution in [2.24, 2.45) is 5.92 Å². The highest BCUT2D eigenvalue weighted by atomic mass is 35.5. The highest BCUT2D eigenvalue weighted by Crippen LogP contribution is 2.03. The Kier molecular flexibility index (Phi) is 9.13. The van der Waals surface area contributed by atoms with Crippen LogP contribution in [-0.2, 0) is 13.1 Å². The molecule has 0 radical (unpaired) electrons. The second-order valence-electron chi connectivity index (χ2n) is 4.51. The summed E-state index contributed by atoms with van der Waals surface area (Å²) < 4.78 is 2.06. The van der Waals surface area contributed by atoms with Crippen LogP contribution in [0.1, 0.15) is 32.4 Å². The molecule has 100 valence electrons. The van der Waals surface area contributed by atoms with Crippen LogP contribution < -0.4 is 5.32 Å². The summed E-state index contributed by atoms with van der Waals surface area (Å²) in [7, 11) is 0. The minimum absolute atomic E-state index is 0. The number of unbranched alkanes of at least 4 members (excludes halogenated alkanes) is 1. The molecule has 0 aliphatic carbocycles. The Morgan fingerprint density at radius 1 is 1.41 bits per heavy atom. The molecular formula is C12H24ClN3O. The molecule has 0 aliphatic heterocycles. The van der Waals surface area contributed by atoms with Crippen molar-refractivity contribution < 1.29 is 5.11 Å². The van der Waals surface area contributed by atoms with Gasteiger partial charge in [-0.15, -0.1) is 12.4 Å². The Morgan fingerprint density at radius 2 is 2.18 bits per heavy atom. The standard InChI is InChI=1S/C12H23N3O.ClH/c1-11(2)10-15-12(5-7-14-15)9-13-6-3-4-8-16;/h5,7,11,13,16H,3-4,6,8-10H2,1-2H3;1H. The van der Waals surface area contributed by atoms with E-state index in [1.165, 1.54) is 5.69 Å². The van der Waals surface area contributed by atoms with Crippen LogP contribution in [0.25, 0.3) is 0 Å². The van der Waals surface area contributed by atoms with Crippen LogP contribution >= 0.6 is 12.4 Å². The van der Waals surface area contributed by atoms with E-state index in [2.05, 4.69) is 35.0 Å². The Labute approximate surface area is 110 Å². The fourth-order valence-corrected chi connectivity index (χ4v) is 1.60. The van der Waals surface area contributed by atoms with E-state index in [9.17, 15) is 0 Å². The van der Waals surface area contributed by atoms with Gasteiger partial charge in [-0.05, 0) is 31.4 Å². The molecule has 5 heteroatoms. The molecule has 0 saturated heterocycles. The second-order valence-corrected chi connectivity index (χ2v) is 4.51. The maximum Gasteiger partial charge on any atom is 0.0522 e. The second kappa shape index (κ2) is 9.45. The van der Waals surface area contributed by atoms with Gasteiger partial charge < -0.3 is 10.4 Å². The highest BCUT2D eigenvalue weighted by molar-refractivity contribution is 5.85. The largest absolute Gasteiger partial charge is 0.396 e. The predicted molar refractivity (Wildman–Crippen MR) is 72.3 cm³/mol. The summed E-state index contributed by atoms with van der Waals surface area (Å²) in [6, 6.07) is 2.06. The van der Waals surface area contributed by atoms with E-state index in [4.69, 9.17) is 5.11 Å². The Bertz CT molecular complexity index is 289. The SMILES string of the molecule is CC(C)Cn1nccc1CNCCCCO.Cl. The van der Waals surface area contributed by atoms with Gasteiger partial charge in [-0.1, -0.05) is 13.8 Å². The van der Waals surface area contributed by atoms with Crippen molar-refractivity contribution in [3.05, 3.63) is 18.0 Å². The normalized spacial score (nSPS) is 10.6. The van der Waals surface area contributed by atoms with Crippen molar-refractivity contribution in [1.29, 1.82) is 0 Å². The molecule has 0 saturated carbocycles. The molecule has 0 bridgehead atoms. The van der Waals surface area contributed by atoms with E-state index < -0.39 is 0 Å². The van der Waals surface area contributed by atoms with Crippen molar-refractivity contribution in [3.63, 3.8) is 0 Å². The topological polar surface area (TPSA) is 50.1 Å². The molecule has 0 aliphatic rings. The van der Waals surface area contributed by atoms with Gasteiger partial charge in [-0.25, -0.2) is 0 Å². The summed E-state index contributed by atoms with van der Waals surface area (Å²) in [5.74, 6) is 0.619. The maximum atomic E-state index is 8.65. The van der Waals surface area contributed by atoms with Crippen LogP contribution in [0.3, 0.4) is 0 Å². The Morgan fingerprint density at radius 3 is 2.82 bits per heavy atom. The third-order valence-electron chi connectivity index (χ3n) is 2.41. The first-order valence-electron chi connectivity index (χ1n) is 6.06. The number of aromatic nitrogens is 2. The average Bonchev–Trinajstić information content (AvgIpc) is 2.64. The lowest BCUT2D eigenvalue weighted by molar-refractivity contribution is 0.283.